The van der Waals surface area contributed by atoms with Crippen LogP contribution in [-0.4, -0.2) is 84.3 Å². The van der Waals surface area contributed by atoms with Crippen LogP contribution in [0.15, 0.2) is 57.9 Å². The summed E-state index contributed by atoms with van der Waals surface area (Å²) in [5.74, 6) is -1.26. The van der Waals surface area contributed by atoms with Crippen molar-refractivity contribution in [2.75, 3.05) is 38.0 Å². The molecule has 5 rings (SSSR count). The van der Waals surface area contributed by atoms with E-state index in [4.69, 9.17) is 4.42 Å². The molecule has 3 heterocycles. The van der Waals surface area contributed by atoms with Crippen LogP contribution >= 0.6 is 0 Å². The number of alkyl halides is 3. The van der Waals surface area contributed by atoms with E-state index < -0.39 is 30.6 Å². The molecule has 2 aromatic carbocycles. The first kappa shape index (κ1) is 32.5. The van der Waals surface area contributed by atoms with Gasteiger partial charge in [-0.15, -0.1) is 0 Å². The number of hydrogen-bond acceptors (Lipinski definition) is 6. The number of likely N-dealkylation sites (tertiary alicyclic amines) is 2. The first-order valence-corrected chi connectivity index (χ1v) is 15.1. The average molecular weight is 641 g/mol. The predicted octanol–water partition coefficient (Wildman–Crippen LogP) is 4.23. The molecule has 1 aromatic heterocycles. The van der Waals surface area contributed by atoms with Crippen molar-refractivity contribution in [3.63, 3.8) is 0 Å². The number of aryl methyl sites for hydroxylation is 1. The molecule has 2 aliphatic rings. The number of rotatable bonds is 7. The number of anilines is 1. The Morgan fingerprint density at radius 1 is 0.935 bits per heavy atom. The van der Waals surface area contributed by atoms with Crippen molar-refractivity contribution < 1.29 is 36.8 Å². The highest BCUT2D eigenvalue weighted by atomic mass is 19.4. The summed E-state index contributed by atoms with van der Waals surface area (Å²) in [6.07, 6.45) is -0.861. The predicted molar refractivity (Wildman–Crippen MR) is 164 cm³/mol. The van der Waals surface area contributed by atoms with Crippen LogP contribution in [0.5, 0.6) is 0 Å². The fourth-order valence-electron chi connectivity index (χ4n) is 5.47. The topological polar surface area (TPSA) is 136 Å². The van der Waals surface area contributed by atoms with E-state index in [1.54, 1.807) is 28.4 Å². The van der Waals surface area contributed by atoms with Crippen molar-refractivity contribution in [1.82, 2.24) is 20.4 Å². The van der Waals surface area contributed by atoms with Gasteiger partial charge in [-0.25, -0.2) is 4.99 Å². The van der Waals surface area contributed by atoms with E-state index in [0.717, 1.165) is 24.0 Å². The number of halogens is 3. The Morgan fingerprint density at radius 2 is 1.61 bits per heavy atom. The first-order valence-electron chi connectivity index (χ1n) is 15.1. The molecule has 3 N–H and O–H groups in total. The van der Waals surface area contributed by atoms with Gasteiger partial charge < -0.3 is 24.9 Å². The largest absolute Gasteiger partial charge is 0.461 e. The van der Waals surface area contributed by atoms with E-state index in [2.05, 4.69) is 15.6 Å². The molecule has 0 aliphatic carbocycles. The monoisotopic (exact) mass is 640 g/mol. The summed E-state index contributed by atoms with van der Waals surface area (Å²) in [5, 5.41) is 8.39. The van der Waals surface area contributed by atoms with Gasteiger partial charge in [-0.3, -0.25) is 24.5 Å². The second kappa shape index (κ2) is 14.0. The molecule has 1 atom stereocenters. The Balaban J connectivity index is 1.36. The lowest BCUT2D eigenvalue weighted by Gasteiger charge is -2.25. The van der Waals surface area contributed by atoms with E-state index in [0.29, 0.717) is 50.2 Å². The number of furan rings is 1. The fourth-order valence-corrected chi connectivity index (χ4v) is 5.47. The van der Waals surface area contributed by atoms with E-state index in [9.17, 15) is 32.3 Å². The summed E-state index contributed by atoms with van der Waals surface area (Å²) >= 11 is 0. The molecule has 0 saturated carbocycles. The number of nitrogens with one attached hydrogen (secondary N) is 3. The molecule has 2 aliphatic heterocycles. The SMILES string of the molecule is Cc1cc2cc(NC(=N[C@H]3CCCCN(CC(=O)N4CCCC4)C3=O)NC(=O)c3ccc(C(=O)NCC(F)(F)F)cc3)ccc2o1. The Morgan fingerprint density at radius 3 is 2.30 bits per heavy atom. The van der Waals surface area contributed by atoms with Gasteiger partial charge in [-0.2, -0.15) is 13.2 Å². The quantitative estimate of drug-likeness (QED) is 0.261. The normalized spacial score (nSPS) is 17.6. The summed E-state index contributed by atoms with van der Waals surface area (Å²) in [7, 11) is 0. The Bertz CT molecular complexity index is 1630. The maximum absolute atomic E-state index is 13.6. The van der Waals surface area contributed by atoms with Crippen LogP contribution in [0.3, 0.4) is 0 Å². The molecule has 0 bridgehead atoms. The van der Waals surface area contributed by atoms with E-state index in [-0.39, 0.29) is 35.4 Å². The molecule has 14 heteroatoms. The Hall–Kier alpha value is -4.88. The smallest absolute Gasteiger partial charge is 0.405 e. The molecule has 0 unspecified atom stereocenters. The third-order valence-electron chi connectivity index (χ3n) is 7.81. The number of carbonyl (C=O) groups is 4. The molecule has 11 nitrogen and oxygen atoms in total. The number of nitrogens with zero attached hydrogens (tertiary/aromatic N) is 3. The highest BCUT2D eigenvalue weighted by Gasteiger charge is 2.31. The van der Waals surface area contributed by atoms with Crippen molar-refractivity contribution in [2.45, 2.75) is 51.2 Å². The second-order valence-corrected chi connectivity index (χ2v) is 11.4. The highest BCUT2D eigenvalue weighted by Crippen LogP contribution is 2.23. The summed E-state index contributed by atoms with van der Waals surface area (Å²) in [5.41, 5.74) is 1.28. The zero-order valence-corrected chi connectivity index (χ0v) is 25.3. The molecule has 0 spiro atoms. The van der Waals surface area contributed by atoms with Gasteiger partial charge in [0, 0.05) is 41.8 Å². The lowest BCUT2D eigenvalue weighted by atomic mass is 10.1. The lowest BCUT2D eigenvalue weighted by Crippen LogP contribution is -2.45. The van der Waals surface area contributed by atoms with Crippen molar-refractivity contribution in [1.29, 1.82) is 0 Å². The summed E-state index contributed by atoms with van der Waals surface area (Å²) in [6, 6.07) is 11.4. The number of aliphatic imine (C=N–C) groups is 1. The maximum atomic E-state index is 13.6. The summed E-state index contributed by atoms with van der Waals surface area (Å²) in [6.45, 7) is 2.11. The van der Waals surface area contributed by atoms with Crippen LogP contribution in [-0.2, 0) is 9.59 Å². The van der Waals surface area contributed by atoms with Crippen molar-refractivity contribution in [3.05, 3.63) is 65.4 Å². The molecule has 46 heavy (non-hydrogen) atoms. The van der Waals surface area contributed by atoms with Crippen LogP contribution in [0.25, 0.3) is 11.0 Å². The molecule has 0 radical (unpaired) electrons. The van der Waals surface area contributed by atoms with Crippen LogP contribution < -0.4 is 16.0 Å². The molecule has 2 fully saturated rings. The van der Waals surface area contributed by atoms with Gasteiger partial charge in [-0.1, -0.05) is 0 Å². The van der Waals surface area contributed by atoms with Gasteiger partial charge in [-0.05, 0) is 87.6 Å². The molecule has 2 saturated heterocycles. The van der Waals surface area contributed by atoms with E-state index in [1.165, 1.54) is 29.2 Å². The lowest BCUT2D eigenvalue weighted by molar-refractivity contribution is -0.140. The number of fused-ring (bicyclic) bond motifs is 1. The number of hydrogen-bond donors (Lipinski definition) is 3. The second-order valence-electron chi connectivity index (χ2n) is 11.4. The van der Waals surface area contributed by atoms with Crippen molar-refractivity contribution in [3.8, 4) is 0 Å². The van der Waals surface area contributed by atoms with Crippen LogP contribution in [0.1, 0.15) is 58.6 Å². The van der Waals surface area contributed by atoms with Crippen LogP contribution in [0.4, 0.5) is 18.9 Å². The van der Waals surface area contributed by atoms with Gasteiger partial charge in [0.05, 0.1) is 6.54 Å². The minimum Gasteiger partial charge on any atom is -0.461 e. The van der Waals surface area contributed by atoms with E-state index >= 15 is 0 Å². The molecule has 244 valence electrons. The Labute approximate surface area is 263 Å². The van der Waals surface area contributed by atoms with E-state index in [1.807, 2.05) is 13.0 Å². The Kier molecular flexibility index (Phi) is 9.93. The summed E-state index contributed by atoms with van der Waals surface area (Å²) < 4.78 is 43.1. The fraction of sp³-hybridized carbons (Fsp3) is 0.406. The van der Waals surface area contributed by atoms with Gasteiger partial charge >= 0.3 is 6.18 Å². The molecule has 3 aromatic rings. The zero-order chi connectivity index (χ0) is 32.8. The van der Waals surface area contributed by atoms with Gasteiger partial charge in [0.25, 0.3) is 11.8 Å². The molecule has 4 amide bonds. The number of benzene rings is 2. The minimum absolute atomic E-state index is 0.0115. The molecular formula is C32H35F3N6O5. The number of amides is 4. The van der Waals surface area contributed by atoms with Gasteiger partial charge in [0.15, 0.2) is 0 Å². The van der Waals surface area contributed by atoms with Gasteiger partial charge in [0.1, 0.15) is 23.9 Å². The van der Waals surface area contributed by atoms with Crippen molar-refractivity contribution >= 4 is 46.2 Å². The zero-order valence-electron chi connectivity index (χ0n) is 25.3. The maximum Gasteiger partial charge on any atom is 0.405 e. The standard InChI is InChI=1S/C32H35F3N6O5/c1-20-16-23-17-24(11-12-26(23)46-20)37-31(39-29(44)22-9-7-21(8-10-22)28(43)36-19-32(33,34)35)38-25-6-2-3-15-41(30(25)45)18-27(42)40-13-4-5-14-40/h7-12,16-17,25H,2-6,13-15,18-19H2,1H3,(H,36,43)(H2,37,38,39,44)/t25-/m0/s1. The van der Waals surface area contributed by atoms with Crippen LogP contribution in [0.2, 0.25) is 0 Å². The van der Waals surface area contributed by atoms with Crippen LogP contribution in [0, 0.1) is 6.92 Å². The number of carbonyl (C=O) groups excluding carboxylic acids is 4. The summed E-state index contributed by atoms with van der Waals surface area (Å²) in [4.78, 5) is 59.8. The average Bonchev–Trinajstić information content (AvgIpc) is 3.65. The third kappa shape index (κ3) is 8.43. The minimum atomic E-state index is -4.56. The van der Waals surface area contributed by atoms with Gasteiger partial charge in [0.2, 0.25) is 17.8 Å². The highest BCUT2D eigenvalue weighted by molar-refractivity contribution is 6.11. The third-order valence-corrected chi connectivity index (χ3v) is 7.81. The molecular weight excluding hydrogens is 605 g/mol. The number of guanidine groups is 1. The first-order chi connectivity index (χ1) is 21.9. The van der Waals surface area contributed by atoms with Crippen molar-refractivity contribution in [2.24, 2.45) is 4.99 Å².